The van der Waals surface area contributed by atoms with Crippen LogP contribution in [0.5, 0.6) is 5.75 Å². The van der Waals surface area contributed by atoms with Crippen LogP contribution in [0.15, 0.2) is 36.4 Å². The molecule has 2 heterocycles. The van der Waals surface area contributed by atoms with Crippen molar-refractivity contribution in [2.75, 3.05) is 13.2 Å². The predicted octanol–water partition coefficient (Wildman–Crippen LogP) is 4.86. The van der Waals surface area contributed by atoms with Crippen LogP contribution in [-0.2, 0) is 11.3 Å². The summed E-state index contributed by atoms with van der Waals surface area (Å²) >= 11 is 6.25. The molecule has 0 spiro atoms. The van der Waals surface area contributed by atoms with Crippen molar-refractivity contribution >= 4 is 28.5 Å². The number of ether oxygens (including phenoxy) is 1. The van der Waals surface area contributed by atoms with E-state index in [0.717, 1.165) is 33.0 Å². The summed E-state index contributed by atoms with van der Waals surface area (Å²) < 4.78 is 7.93. The standard InChI is InChI=1S/C26H32ClN3O3/c1-16-10-20(11-17(2)24(16)27)33-15-19(31)14-29-22-9-7-6-8-21(22)28-25(29)18-12-23(32)30(13-18)26(3,4)5/h6-11,18-19,31H,12-15H2,1-5H3/t18-,19+/m0/s1. The molecule has 176 valence electrons. The minimum Gasteiger partial charge on any atom is -0.491 e. The van der Waals surface area contributed by atoms with Gasteiger partial charge in [0.25, 0.3) is 0 Å². The molecule has 0 unspecified atom stereocenters. The number of carbonyl (C=O) groups excluding carboxylic acids is 1. The maximum Gasteiger partial charge on any atom is 0.223 e. The molecule has 1 amide bonds. The molecule has 1 N–H and O–H groups in total. The number of imidazole rings is 1. The number of rotatable bonds is 6. The lowest BCUT2D eigenvalue weighted by molar-refractivity contribution is -0.131. The van der Waals surface area contributed by atoms with E-state index in [2.05, 4.69) is 20.8 Å². The predicted molar refractivity (Wildman–Crippen MR) is 131 cm³/mol. The molecule has 1 aliphatic heterocycles. The zero-order chi connectivity index (χ0) is 23.9. The zero-order valence-corrected chi connectivity index (χ0v) is 20.7. The fourth-order valence-electron chi connectivity index (χ4n) is 4.57. The molecular weight excluding hydrogens is 438 g/mol. The molecule has 1 aromatic heterocycles. The average Bonchev–Trinajstić information content (AvgIpc) is 3.31. The van der Waals surface area contributed by atoms with Gasteiger partial charge in [0.1, 0.15) is 24.3 Å². The van der Waals surface area contributed by atoms with Crippen LogP contribution in [0, 0.1) is 13.8 Å². The van der Waals surface area contributed by atoms with Crippen molar-refractivity contribution in [1.82, 2.24) is 14.5 Å². The van der Waals surface area contributed by atoms with Crippen LogP contribution < -0.4 is 4.74 Å². The van der Waals surface area contributed by atoms with Gasteiger partial charge < -0.3 is 19.3 Å². The first kappa shape index (κ1) is 23.6. The highest BCUT2D eigenvalue weighted by Gasteiger charge is 2.39. The summed E-state index contributed by atoms with van der Waals surface area (Å²) in [5.41, 5.74) is 3.47. The lowest BCUT2D eigenvalue weighted by Crippen LogP contribution is -2.42. The highest BCUT2D eigenvalue weighted by Crippen LogP contribution is 2.34. The molecule has 7 heteroatoms. The summed E-state index contributed by atoms with van der Waals surface area (Å²) in [6.07, 6.45) is -0.315. The number of aryl methyl sites for hydroxylation is 2. The minimum atomic E-state index is -0.742. The Kier molecular flexibility index (Phi) is 6.43. The number of benzene rings is 2. The van der Waals surface area contributed by atoms with E-state index in [0.29, 0.717) is 25.3 Å². The van der Waals surface area contributed by atoms with Crippen LogP contribution in [0.3, 0.4) is 0 Å². The molecule has 2 aromatic carbocycles. The molecule has 1 fully saturated rings. The van der Waals surface area contributed by atoms with Gasteiger partial charge in [-0.15, -0.1) is 0 Å². The van der Waals surface area contributed by atoms with E-state index >= 15 is 0 Å². The summed E-state index contributed by atoms with van der Waals surface area (Å²) in [6.45, 7) is 11.1. The van der Waals surface area contributed by atoms with E-state index in [1.54, 1.807) is 0 Å². The van der Waals surface area contributed by atoms with E-state index in [1.807, 2.05) is 59.7 Å². The molecule has 0 saturated carbocycles. The first-order valence-electron chi connectivity index (χ1n) is 11.4. The lowest BCUT2D eigenvalue weighted by Gasteiger charge is -2.32. The fraction of sp³-hybridized carbons (Fsp3) is 0.462. The lowest BCUT2D eigenvalue weighted by atomic mass is 10.1. The van der Waals surface area contributed by atoms with Crippen LogP contribution in [0.2, 0.25) is 5.02 Å². The number of amides is 1. The van der Waals surface area contributed by atoms with Gasteiger partial charge in [0.05, 0.1) is 17.6 Å². The SMILES string of the molecule is Cc1cc(OC[C@H](O)Cn2c([C@H]3CC(=O)N(C(C)(C)C)C3)nc3ccccc32)cc(C)c1Cl. The Morgan fingerprint density at radius 3 is 2.52 bits per heavy atom. The van der Waals surface area contributed by atoms with Crippen LogP contribution >= 0.6 is 11.6 Å². The number of para-hydroxylation sites is 2. The van der Waals surface area contributed by atoms with Crippen LogP contribution in [0.25, 0.3) is 11.0 Å². The topological polar surface area (TPSA) is 67.6 Å². The number of hydrogen-bond donors (Lipinski definition) is 1. The molecule has 0 aliphatic carbocycles. The van der Waals surface area contributed by atoms with Gasteiger partial charge in [-0.05, 0) is 70.0 Å². The normalized spacial score (nSPS) is 17.7. The van der Waals surface area contributed by atoms with Gasteiger partial charge >= 0.3 is 0 Å². The number of likely N-dealkylation sites (tertiary alicyclic amines) is 1. The van der Waals surface area contributed by atoms with E-state index in [9.17, 15) is 9.90 Å². The molecule has 1 aliphatic rings. The maximum atomic E-state index is 12.7. The third-order valence-corrected chi connectivity index (χ3v) is 6.83. The third-order valence-electron chi connectivity index (χ3n) is 6.23. The molecular formula is C26H32ClN3O3. The van der Waals surface area contributed by atoms with Crippen molar-refractivity contribution in [2.24, 2.45) is 0 Å². The molecule has 2 atom stereocenters. The van der Waals surface area contributed by atoms with Gasteiger partial charge in [-0.3, -0.25) is 4.79 Å². The Morgan fingerprint density at radius 2 is 1.88 bits per heavy atom. The number of aliphatic hydroxyl groups is 1. The highest BCUT2D eigenvalue weighted by molar-refractivity contribution is 6.32. The maximum absolute atomic E-state index is 12.7. The number of aliphatic hydroxyl groups excluding tert-OH is 1. The first-order chi connectivity index (χ1) is 15.5. The van der Waals surface area contributed by atoms with E-state index in [1.165, 1.54) is 0 Å². The van der Waals surface area contributed by atoms with E-state index in [4.69, 9.17) is 21.3 Å². The summed E-state index contributed by atoms with van der Waals surface area (Å²) in [5.74, 6) is 1.65. The highest BCUT2D eigenvalue weighted by atomic mass is 35.5. The molecule has 4 rings (SSSR count). The fourth-order valence-corrected chi connectivity index (χ4v) is 4.68. The molecule has 6 nitrogen and oxygen atoms in total. The second kappa shape index (κ2) is 8.99. The Hall–Kier alpha value is -2.57. The van der Waals surface area contributed by atoms with Crippen molar-refractivity contribution in [3.8, 4) is 5.75 Å². The molecule has 0 radical (unpaired) electrons. The number of halogens is 1. The summed E-state index contributed by atoms with van der Waals surface area (Å²) in [7, 11) is 0. The summed E-state index contributed by atoms with van der Waals surface area (Å²) in [5, 5.41) is 11.6. The largest absolute Gasteiger partial charge is 0.491 e. The van der Waals surface area contributed by atoms with Crippen molar-refractivity contribution in [3.05, 3.63) is 58.4 Å². The van der Waals surface area contributed by atoms with Gasteiger partial charge in [0, 0.05) is 29.4 Å². The monoisotopic (exact) mass is 469 g/mol. The zero-order valence-electron chi connectivity index (χ0n) is 19.9. The minimum absolute atomic E-state index is 0.0150. The summed E-state index contributed by atoms with van der Waals surface area (Å²) in [6, 6.07) is 11.7. The first-order valence-corrected chi connectivity index (χ1v) is 11.8. The smallest absolute Gasteiger partial charge is 0.223 e. The summed E-state index contributed by atoms with van der Waals surface area (Å²) in [4.78, 5) is 19.5. The Morgan fingerprint density at radius 1 is 1.21 bits per heavy atom. The van der Waals surface area contributed by atoms with Gasteiger partial charge in [0.15, 0.2) is 0 Å². The van der Waals surface area contributed by atoms with Gasteiger partial charge in [-0.25, -0.2) is 4.98 Å². The van der Waals surface area contributed by atoms with Crippen LogP contribution in [0.4, 0.5) is 0 Å². The Labute approximate surface area is 200 Å². The Bertz CT molecular complexity index is 1160. The molecule has 0 bridgehead atoms. The molecule has 3 aromatic rings. The van der Waals surface area contributed by atoms with Crippen molar-refractivity contribution < 1.29 is 14.6 Å². The van der Waals surface area contributed by atoms with Crippen LogP contribution in [0.1, 0.15) is 50.1 Å². The van der Waals surface area contributed by atoms with E-state index < -0.39 is 6.10 Å². The van der Waals surface area contributed by atoms with Crippen molar-refractivity contribution in [1.29, 1.82) is 0 Å². The van der Waals surface area contributed by atoms with Crippen molar-refractivity contribution in [3.63, 3.8) is 0 Å². The number of carbonyl (C=O) groups is 1. The Balaban J connectivity index is 1.55. The number of aromatic nitrogens is 2. The number of nitrogens with zero attached hydrogens (tertiary/aromatic N) is 3. The van der Waals surface area contributed by atoms with Gasteiger partial charge in [0.2, 0.25) is 5.91 Å². The molecule has 33 heavy (non-hydrogen) atoms. The van der Waals surface area contributed by atoms with E-state index in [-0.39, 0.29) is 24.0 Å². The van der Waals surface area contributed by atoms with Gasteiger partial charge in [-0.1, -0.05) is 23.7 Å². The second-order valence-corrected chi connectivity index (χ2v) is 10.4. The molecule has 1 saturated heterocycles. The number of hydrogen-bond acceptors (Lipinski definition) is 4. The van der Waals surface area contributed by atoms with Gasteiger partial charge in [-0.2, -0.15) is 0 Å². The number of fused-ring (bicyclic) bond motifs is 1. The second-order valence-electron chi connectivity index (χ2n) is 9.98. The third kappa shape index (κ3) is 4.87. The van der Waals surface area contributed by atoms with Crippen LogP contribution in [-0.4, -0.2) is 50.3 Å². The quantitative estimate of drug-likeness (QED) is 0.559. The van der Waals surface area contributed by atoms with Crippen molar-refractivity contribution in [2.45, 2.75) is 65.1 Å². The average molecular weight is 470 g/mol.